The molecule has 4 rings (SSSR count). The van der Waals surface area contributed by atoms with Gasteiger partial charge < -0.3 is 9.84 Å². The van der Waals surface area contributed by atoms with Crippen molar-refractivity contribution in [1.29, 1.82) is 0 Å². The number of amides is 2. The van der Waals surface area contributed by atoms with Crippen LogP contribution in [0.3, 0.4) is 0 Å². The number of hydrogen-bond acceptors (Lipinski definition) is 5. The summed E-state index contributed by atoms with van der Waals surface area (Å²) in [6.45, 7) is 3.74. The number of anilines is 1. The highest BCUT2D eigenvalue weighted by molar-refractivity contribution is 6.30. The molecule has 0 spiro atoms. The van der Waals surface area contributed by atoms with Crippen LogP contribution in [0.15, 0.2) is 48.5 Å². The quantitative estimate of drug-likeness (QED) is 0.690. The molecule has 2 saturated heterocycles. The number of imide groups is 1. The molecule has 2 fully saturated rings. The highest BCUT2D eigenvalue weighted by Crippen LogP contribution is 2.36. The standard InChI is InChI=1S/C24H27ClN2O4/c1-2-15-31-20-9-7-19(8-10-20)27-22(28)16-21(23(27)29)26-13-11-24(30,12-14-26)17-3-5-18(25)6-4-17/h3-10,21,30H,2,11-16H2,1H3. The van der Waals surface area contributed by atoms with Gasteiger partial charge in [-0.05, 0) is 61.2 Å². The van der Waals surface area contributed by atoms with E-state index >= 15 is 0 Å². The van der Waals surface area contributed by atoms with E-state index in [0.717, 1.165) is 17.7 Å². The van der Waals surface area contributed by atoms with Gasteiger partial charge in [0.15, 0.2) is 0 Å². The van der Waals surface area contributed by atoms with Gasteiger partial charge in [0.1, 0.15) is 5.75 Å². The molecule has 0 saturated carbocycles. The Balaban J connectivity index is 1.42. The van der Waals surface area contributed by atoms with E-state index in [0.29, 0.717) is 43.2 Å². The smallest absolute Gasteiger partial charge is 0.251 e. The predicted molar refractivity (Wildman–Crippen MR) is 119 cm³/mol. The highest BCUT2D eigenvalue weighted by Gasteiger charge is 2.45. The minimum Gasteiger partial charge on any atom is -0.494 e. The Bertz CT molecular complexity index is 937. The average molecular weight is 443 g/mol. The fourth-order valence-electron chi connectivity index (χ4n) is 4.34. The first kappa shape index (κ1) is 21.8. The average Bonchev–Trinajstić information content (AvgIpc) is 3.07. The molecule has 7 heteroatoms. The molecule has 2 aliphatic heterocycles. The number of carbonyl (C=O) groups excluding carboxylic acids is 2. The normalized spacial score (nSPS) is 21.5. The molecule has 0 radical (unpaired) electrons. The van der Waals surface area contributed by atoms with Gasteiger partial charge in [0, 0.05) is 18.1 Å². The van der Waals surface area contributed by atoms with Gasteiger partial charge in [0.05, 0.1) is 30.4 Å². The molecule has 1 unspecified atom stereocenters. The molecule has 2 amide bonds. The summed E-state index contributed by atoms with van der Waals surface area (Å²) in [6.07, 6.45) is 2.06. The van der Waals surface area contributed by atoms with E-state index in [2.05, 4.69) is 0 Å². The summed E-state index contributed by atoms with van der Waals surface area (Å²) in [4.78, 5) is 29.0. The van der Waals surface area contributed by atoms with Crippen molar-refractivity contribution in [1.82, 2.24) is 4.90 Å². The number of hydrogen-bond donors (Lipinski definition) is 1. The van der Waals surface area contributed by atoms with Crippen molar-refractivity contribution in [2.45, 2.75) is 44.2 Å². The maximum Gasteiger partial charge on any atom is 0.251 e. The molecule has 164 valence electrons. The van der Waals surface area contributed by atoms with Gasteiger partial charge in [0.2, 0.25) is 5.91 Å². The van der Waals surface area contributed by atoms with Crippen molar-refractivity contribution >= 4 is 29.1 Å². The summed E-state index contributed by atoms with van der Waals surface area (Å²) in [6, 6.07) is 13.8. The third-order valence-corrected chi connectivity index (χ3v) is 6.39. The third kappa shape index (κ3) is 4.47. The Hall–Kier alpha value is -2.41. The number of aliphatic hydroxyl groups is 1. The zero-order valence-electron chi connectivity index (χ0n) is 17.6. The third-order valence-electron chi connectivity index (χ3n) is 6.14. The molecule has 2 aromatic rings. The Morgan fingerprint density at radius 1 is 1.06 bits per heavy atom. The summed E-state index contributed by atoms with van der Waals surface area (Å²) in [5.74, 6) is 0.318. The van der Waals surface area contributed by atoms with Crippen LogP contribution in [0, 0.1) is 0 Å². The van der Waals surface area contributed by atoms with Crippen LogP contribution in [0.5, 0.6) is 5.75 Å². The summed E-state index contributed by atoms with van der Waals surface area (Å²) in [5.41, 5.74) is 0.453. The van der Waals surface area contributed by atoms with Crippen LogP contribution < -0.4 is 9.64 Å². The lowest BCUT2D eigenvalue weighted by atomic mass is 9.84. The first-order chi connectivity index (χ1) is 14.9. The maximum atomic E-state index is 13.1. The Morgan fingerprint density at radius 3 is 2.32 bits per heavy atom. The fraction of sp³-hybridized carbons (Fsp3) is 0.417. The summed E-state index contributed by atoms with van der Waals surface area (Å²) in [7, 11) is 0. The van der Waals surface area contributed by atoms with Gasteiger partial charge in [-0.25, -0.2) is 4.90 Å². The van der Waals surface area contributed by atoms with Crippen LogP contribution >= 0.6 is 11.6 Å². The van der Waals surface area contributed by atoms with E-state index in [1.54, 1.807) is 36.4 Å². The molecule has 2 aliphatic rings. The maximum absolute atomic E-state index is 13.1. The number of benzene rings is 2. The molecule has 0 aliphatic carbocycles. The van der Waals surface area contributed by atoms with E-state index in [9.17, 15) is 14.7 Å². The van der Waals surface area contributed by atoms with E-state index in [4.69, 9.17) is 16.3 Å². The number of halogens is 1. The lowest BCUT2D eigenvalue weighted by molar-refractivity contribution is -0.124. The Kier molecular flexibility index (Phi) is 6.32. The molecule has 0 aromatic heterocycles. The van der Waals surface area contributed by atoms with Crippen molar-refractivity contribution in [3.05, 3.63) is 59.1 Å². The molecular weight excluding hydrogens is 416 g/mol. The molecule has 1 atom stereocenters. The molecule has 0 bridgehead atoms. The van der Waals surface area contributed by atoms with Crippen molar-refractivity contribution in [2.75, 3.05) is 24.6 Å². The number of ether oxygens (including phenoxy) is 1. The number of nitrogens with zero attached hydrogens (tertiary/aromatic N) is 2. The minimum absolute atomic E-state index is 0.159. The first-order valence-electron chi connectivity index (χ1n) is 10.7. The lowest BCUT2D eigenvalue weighted by Gasteiger charge is -2.40. The molecule has 31 heavy (non-hydrogen) atoms. The van der Waals surface area contributed by atoms with Gasteiger partial charge in [-0.15, -0.1) is 0 Å². The lowest BCUT2D eigenvalue weighted by Crippen LogP contribution is -2.49. The fourth-order valence-corrected chi connectivity index (χ4v) is 4.46. The molecular formula is C24H27ClN2O4. The second kappa shape index (κ2) is 8.99. The van der Waals surface area contributed by atoms with E-state index in [-0.39, 0.29) is 18.2 Å². The van der Waals surface area contributed by atoms with Gasteiger partial charge in [-0.1, -0.05) is 30.7 Å². The van der Waals surface area contributed by atoms with Crippen LogP contribution in [-0.2, 0) is 15.2 Å². The first-order valence-corrected chi connectivity index (χ1v) is 11.1. The van der Waals surface area contributed by atoms with E-state index in [1.807, 2.05) is 24.0 Å². The predicted octanol–water partition coefficient (Wildman–Crippen LogP) is 3.74. The molecule has 1 N–H and O–H groups in total. The zero-order valence-corrected chi connectivity index (χ0v) is 18.3. The molecule has 6 nitrogen and oxygen atoms in total. The van der Waals surface area contributed by atoms with Crippen molar-refractivity contribution in [2.24, 2.45) is 0 Å². The van der Waals surface area contributed by atoms with Gasteiger partial charge in [0.25, 0.3) is 5.91 Å². The highest BCUT2D eigenvalue weighted by atomic mass is 35.5. The number of piperidine rings is 1. The van der Waals surface area contributed by atoms with E-state index < -0.39 is 11.6 Å². The van der Waals surface area contributed by atoms with Crippen LogP contribution in [0.1, 0.15) is 38.2 Å². The molecule has 2 aromatic carbocycles. The van der Waals surface area contributed by atoms with Crippen LogP contribution in [0.25, 0.3) is 0 Å². The number of likely N-dealkylation sites (tertiary alicyclic amines) is 1. The monoisotopic (exact) mass is 442 g/mol. The van der Waals surface area contributed by atoms with Crippen LogP contribution in [-0.4, -0.2) is 47.6 Å². The topological polar surface area (TPSA) is 70.1 Å². The van der Waals surface area contributed by atoms with E-state index in [1.165, 1.54) is 4.90 Å². The van der Waals surface area contributed by atoms with Crippen molar-refractivity contribution in [3.8, 4) is 5.75 Å². The Labute approximate surface area is 187 Å². The SMILES string of the molecule is CCCOc1ccc(N2C(=O)CC(N3CCC(O)(c4ccc(Cl)cc4)CC3)C2=O)cc1. The number of carbonyl (C=O) groups is 2. The summed E-state index contributed by atoms with van der Waals surface area (Å²) in [5, 5.41) is 11.7. The minimum atomic E-state index is -0.944. The van der Waals surface area contributed by atoms with Crippen molar-refractivity contribution < 1.29 is 19.4 Å². The second-order valence-electron chi connectivity index (χ2n) is 8.20. The van der Waals surface area contributed by atoms with Gasteiger partial charge in [-0.3, -0.25) is 14.5 Å². The largest absolute Gasteiger partial charge is 0.494 e. The van der Waals surface area contributed by atoms with Crippen LogP contribution in [0.2, 0.25) is 5.02 Å². The summed E-state index contributed by atoms with van der Waals surface area (Å²) < 4.78 is 5.58. The van der Waals surface area contributed by atoms with Crippen molar-refractivity contribution in [3.63, 3.8) is 0 Å². The van der Waals surface area contributed by atoms with Crippen LogP contribution in [0.4, 0.5) is 5.69 Å². The Morgan fingerprint density at radius 2 is 1.71 bits per heavy atom. The summed E-state index contributed by atoms with van der Waals surface area (Å²) >= 11 is 5.96. The number of rotatable bonds is 6. The van der Waals surface area contributed by atoms with Gasteiger partial charge in [-0.2, -0.15) is 0 Å². The second-order valence-corrected chi connectivity index (χ2v) is 8.64. The molecule has 2 heterocycles. The zero-order chi connectivity index (χ0) is 22.0. The van der Waals surface area contributed by atoms with Gasteiger partial charge >= 0.3 is 0 Å².